The van der Waals surface area contributed by atoms with Crippen LogP contribution in [0.15, 0.2) is 29.6 Å². The molecule has 21 heavy (non-hydrogen) atoms. The van der Waals surface area contributed by atoms with Crippen molar-refractivity contribution in [1.29, 1.82) is 0 Å². The summed E-state index contributed by atoms with van der Waals surface area (Å²) in [6, 6.07) is 8.60. The molecule has 0 radical (unpaired) electrons. The van der Waals surface area contributed by atoms with Crippen LogP contribution in [-0.4, -0.2) is 12.1 Å². The fraction of sp³-hybridized carbons (Fsp3) is 0.412. The Balaban J connectivity index is 1.97. The monoisotopic (exact) mass is 321 g/mol. The number of halogens is 1. The number of hydrogen-bond donors (Lipinski definition) is 1. The van der Waals surface area contributed by atoms with Crippen LogP contribution in [0.25, 0.3) is 0 Å². The largest absolute Gasteiger partial charge is 0.487 e. The minimum atomic E-state index is -0.102. The molecule has 0 saturated heterocycles. The highest BCUT2D eigenvalue weighted by Gasteiger charge is 2.30. The first-order chi connectivity index (χ1) is 10.00. The molecule has 0 bridgehead atoms. The molecular formula is C17H20ClNOS. The predicted octanol–water partition coefficient (Wildman–Crippen LogP) is 4.81. The van der Waals surface area contributed by atoms with E-state index in [1.54, 1.807) is 11.3 Å². The quantitative estimate of drug-likeness (QED) is 0.872. The summed E-state index contributed by atoms with van der Waals surface area (Å²) in [6.07, 6.45) is 0.952. The van der Waals surface area contributed by atoms with Gasteiger partial charge in [0.2, 0.25) is 0 Å². The van der Waals surface area contributed by atoms with E-state index in [0.717, 1.165) is 23.7 Å². The van der Waals surface area contributed by atoms with E-state index >= 15 is 0 Å². The van der Waals surface area contributed by atoms with E-state index in [4.69, 9.17) is 16.3 Å². The van der Waals surface area contributed by atoms with E-state index in [9.17, 15) is 0 Å². The normalized spacial score (nSPS) is 17.3. The maximum absolute atomic E-state index is 6.33. The third kappa shape index (κ3) is 2.96. The van der Waals surface area contributed by atoms with Crippen LogP contribution in [0.4, 0.5) is 0 Å². The van der Waals surface area contributed by atoms with Crippen molar-refractivity contribution in [3.05, 3.63) is 50.7 Å². The van der Waals surface area contributed by atoms with Gasteiger partial charge in [-0.1, -0.05) is 30.7 Å². The number of fused-ring (bicyclic) bond motifs is 1. The minimum Gasteiger partial charge on any atom is -0.487 e. The van der Waals surface area contributed by atoms with Crippen LogP contribution in [0.2, 0.25) is 5.02 Å². The summed E-state index contributed by atoms with van der Waals surface area (Å²) < 4.78 is 5.96. The SMILES string of the molecule is CCNC(c1ccc2c(c1)CC(C)(C)O2)c1sccc1Cl. The molecule has 112 valence electrons. The second-order valence-corrected chi connectivity index (χ2v) is 7.38. The maximum Gasteiger partial charge on any atom is 0.123 e. The van der Waals surface area contributed by atoms with Crippen LogP contribution < -0.4 is 10.1 Å². The van der Waals surface area contributed by atoms with Gasteiger partial charge in [-0.25, -0.2) is 0 Å². The molecule has 0 spiro atoms. The Labute approximate surface area is 135 Å². The molecule has 1 aliphatic rings. The molecule has 1 N–H and O–H groups in total. The van der Waals surface area contributed by atoms with E-state index < -0.39 is 0 Å². The molecule has 1 unspecified atom stereocenters. The van der Waals surface area contributed by atoms with Crippen molar-refractivity contribution in [3.8, 4) is 5.75 Å². The Morgan fingerprint density at radius 3 is 2.86 bits per heavy atom. The van der Waals surface area contributed by atoms with E-state index in [1.807, 2.05) is 11.4 Å². The number of benzene rings is 1. The van der Waals surface area contributed by atoms with Crippen molar-refractivity contribution in [2.24, 2.45) is 0 Å². The molecule has 2 nitrogen and oxygen atoms in total. The zero-order chi connectivity index (χ0) is 15.0. The molecule has 0 aliphatic carbocycles. The van der Waals surface area contributed by atoms with Gasteiger partial charge in [-0.15, -0.1) is 11.3 Å². The summed E-state index contributed by atoms with van der Waals surface area (Å²) in [5.74, 6) is 1.01. The van der Waals surface area contributed by atoms with Gasteiger partial charge < -0.3 is 10.1 Å². The molecule has 1 aliphatic heterocycles. The van der Waals surface area contributed by atoms with Gasteiger partial charge in [0.05, 0.1) is 11.1 Å². The molecule has 2 heterocycles. The van der Waals surface area contributed by atoms with Gasteiger partial charge in [0.1, 0.15) is 11.4 Å². The average molecular weight is 322 g/mol. The van der Waals surface area contributed by atoms with Crippen molar-refractivity contribution < 1.29 is 4.74 Å². The standard InChI is InChI=1S/C17H20ClNOS/c1-4-19-15(16-13(18)7-8-21-16)11-5-6-14-12(9-11)10-17(2,3)20-14/h5-9,15,19H,4,10H2,1-3H3. The van der Waals surface area contributed by atoms with Gasteiger partial charge in [-0.05, 0) is 49.0 Å². The first-order valence-electron chi connectivity index (χ1n) is 7.28. The zero-order valence-corrected chi connectivity index (χ0v) is 14.1. The number of thiophene rings is 1. The molecule has 1 aromatic heterocycles. The van der Waals surface area contributed by atoms with Gasteiger partial charge in [0, 0.05) is 11.3 Å². The number of hydrogen-bond acceptors (Lipinski definition) is 3. The number of rotatable bonds is 4. The Morgan fingerprint density at radius 1 is 1.38 bits per heavy atom. The van der Waals surface area contributed by atoms with Crippen LogP contribution >= 0.6 is 22.9 Å². The second kappa shape index (κ2) is 5.64. The van der Waals surface area contributed by atoms with E-state index in [2.05, 4.69) is 44.3 Å². The Kier molecular flexibility index (Phi) is 4.00. The summed E-state index contributed by atoms with van der Waals surface area (Å²) in [5.41, 5.74) is 2.43. The lowest BCUT2D eigenvalue weighted by Crippen LogP contribution is -2.24. The van der Waals surface area contributed by atoms with Crippen molar-refractivity contribution in [3.63, 3.8) is 0 Å². The van der Waals surface area contributed by atoms with E-state index in [1.165, 1.54) is 16.0 Å². The third-order valence-electron chi connectivity index (χ3n) is 3.74. The Morgan fingerprint density at radius 2 is 2.19 bits per heavy atom. The smallest absolute Gasteiger partial charge is 0.123 e. The van der Waals surface area contributed by atoms with Gasteiger partial charge in [0.25, 0.3) is 0 Å². The Hall–Kier alpha value is -1.03. The highest BCUT2D eigenvalue weighted by atomic mass is 35.5. The lowest BCUT2D eigenvalue weighted by atomic mass is 9.97. The van der Waals surface area contributed by atoms with Gasteiger partial charge in [0.15, 0.2) is 0 Å². The van der Waals surface area contributed by atoms with E-state index in [-0.39, 0.29) is 11.6 Å². The molecular weight excluding hydrogens is 302 g/mol. The average Bonchev–Trinajstić information content (AvgIpc) is 2.96. The third-order valence-corrected chi connectivity index (χ3v) is 5.16. The summed E-state index contributed by atoms with van der Waals surface area (Å²) in [7, 11) is 0. The van der Waals surface area contributed by atoms with Gasteiger partial charge in [-0.3, -0.25) is 0 Å². The second-order valence-electron chi connectivity index (χ2n) is 6.03. The maximum atomic E-state index is 6.33. The summed E-state index contributed by atoms with van der Waals surface area (Å²) in [4.78, 5) is 1.18. The zero-order valence-electron chi connectivity index (χ0n) is 12.6. The van der Waals surface area contributed by atoms with Gasteiger partial charge in [-0.2, -0.15) is 0 Å². The van der Waals surface area contributed by atoms with Gasteiger partial charge >= 0.3 is 0 Å². The molecule has 2 aromatic rings. The van der Waals surface area contributed by atoms with E-state index in [0.29, 0.717) is 0 Å². The highest BCUT2D eigenvalue weighted by Crippen LogP contribution is 2.39. The van der Waals surface area contributed by atoms with Crippen LogP contribution in [0, 0.1) is 0 Å². The first-order valence-corrected chi connectivity index (χ1v) is 8.54. The summed E-state index contributed by atoms with van der Waals surface area (Å²) >= 11 is 8.03. The van der Waals surface area contributed by atoms with Crippen molar-refractivity contribution >= 4 is 22.9 Å². The molecule has 3 rings (SSSR count). The molecule has 4 heteroatoms. The first kappa shape index (κ1) is 14.9. The topological polar surface area (TPSA) is 21.3 Å². The molecule has 0 amide bonds. The molecule has 1 aromatic carbocycles. The van der Waals surface area contributed by atoms with Crippen LogP contribution in [0.1, 0.15) is 42.8 Å². The highest BCUT2D eigenvalue weighted by molar-refractivity contribution is 7.10. The molecule has 1 atom stereocenters. The fourth-order valence-electron chi connectivity index (χ4n) is 2.89. The van der Waals surface area contributed by atoms with Crippen LogP contribution in [0.5, 0.6) is 5.75 Å². The lowest BCUT2D eigenvalue weighted by Gasteiger charge is -2.18. The summed E-state index contributed by atoms with van der Waals surface area (Å²) in [6.45, 7) is 7.28. The van der Waals surface area contributed by atoms with Crippen molar-refractivity contribution in [2.45, 2.75) is 38.8 Å². The Bertz CT molecular complexity index is 650. The number of ether oxygens (including phenoxy) is 1. The van der Waals surface area contributed by atoms with Crippen LogP contribution in [-0.2, 0) is 6.42 Å². The van der Waals surface area contributed by atoms with Crippen LogP contribution in [0.3, 0.4) is 0 Å². The summed E-state index contributed by atoms with van der Waals surface area (Å²) in [5, 5.41) is 6.42. The van der Waals surface area contributed by atoms with Crippen molar-refractivity contribution in [2.75, 3.05) is 6.54 Å². The lowest BCUT2D eigenvalue weighted by molar-refractivity contribution is 0.138. The number of nitrogens with one attached hydrogen (secondary N) is 1. The molecule has 0 fully saturated rings. The minimum absolute atomic E-state index is 0.102. The predicted molar refractivity (Wildman–Crippen MR) is 89.7 cm³/mol. The molecule has 0 saturated carbocycles. The fourth-order valence-corrected chi connectivity index (χ4v) is 4.15. The van der Waals surface area contributed by atoms with Crippen molar-refractivity contribution in [1.82, 2.24) is 5.32 Å².